The average Bonchev–Trinajstić information content (AvgIpc) is 2.33. The second kappa shape index (κ2) is 5.83. The topological polar surface area (TPSA) is 12.0 Å². The molecule has 4 aliphatic rings. The summed E-state index contributed by atoms with van der Waals surface area (Å²) in [5.74, 6) is 3.24. The molecule has 0 saturated heterocycles. The molecule has 4 rings (SSSR count). The van der Waals surface area contributed by atoms with E-state index in [4.69, 9.17) is 0 Å². The molecular weight excluding hydrogens is 242 g/mol. The highest BCUT2D eigenvalue weighted by Gasteiger charge is 2.51. The van der Waals surface area contributed by atoms with Crippen molar-refractivity contribution in [2.75, 3.05) is 6.54 Å². The van der Waals surface area contributed by atoms with Crippen molar-refractivity contribution in [3.8, 4) is 0 Å². The van der Waals surface area contributed by atoms with Gasteiger partial charge in [0.1, 0.15) is 0 Å². The van der Waals surface area contributed by atoms with E-state index in [1.54, 1.807) is 38.5 Å². The quantitative estimate of drug-likeness (QED) is 0.650. The van der Waals surface area contributed by atoms with E-state index in [9.17, 15) is 0 Å². The fraction of sp³-hybridized carbons (Fsp3) is 0.895. The second-order valence-electron chi connectivity index (χ2n) is 8.43. The monoisotopic (exact) mass is 275 g/mol. The van der Waals surface area contributed by atoms with Crippen molar-refractivity contribution in [3.63, 3.8) is 0 Å². The van der Waals surface area contributed by atoms with E-state index < -0.39 is 0 Å². The van der Waals surface area contributed by atoms with E-state index in [0.717, 1.165) is 17.8 Å². The SMILES string of the molecule is C=C(C)CC(CC12CC3CC(CC(C3)C1)C2)NCCC. The highest BCUT2D eigenvalue weighted by molar-refractivity contribution is 5.04. The number of hydrogen-bond donors (Lipinski definition) is 1. The van der Waals surface area contributed by atoms with Gasteiger partial charge in [0.2, 0.25) is 0 Å². The Bertz CT molecular complexity index is 321. The van der Waals surface area contributed by atoms with Gasteiger partial charge >= 0.3 is 0 Å². The molecule has 0 spiro atoms. The molecule has 114 valence electrons. The summed E-state index contributed by atoms with van der Waals surface area (Å²) in [6, 6.07) is 0.684. The molecular formula is C19H33N. The molecule has 4 aliphatic carbocycles. The summed E-state index contributed by atoms with van der Waals surface area (Å²) in [5.41, 5.74) is 2.05. The first kappa shape index (κ1) is 14.6. The molecule has 0 aromatic heterocycles. The minimum atomic E-state index is 0.684. The van der Waals surface area contributed by atoms with Crippen LogP contribution >= 0.6 is 0 Å². The van der Waals surface area contributed by atoms with Crippen LogP contribution < -0.4 is 5.32 Å². The molecule has 4 bridgehead atoms. The third-order valence-electron chi connectivity index (χ3n) is 6.12. The maximum absolute atomic E-state index is 4.16. The number of rotatable bonds is 7. The summed E-state index contributed by atoms with van der Waals surface area (Å²) >= 11 is 0. The van der Waals surface area contributed by atoms with Crippen LogP contribution in [0.15, 0.2) is 12.2 Å². The van der Waals surface area contributed by atoms with Crippen molar-refractivity contribution in [2.45, 2.75) is 77.7 Å². The lowest BCUT2D eigenvalue weighted by Gasteiger charge is -2.57. The van der Waals surface area contributed by atoms with E-state index in [1.165, 1.54) is 31.4 Å². The molecule has 4 saturated carbocycles. The molecule has 20 heavy (non-hydrogen) atoms. The Labute approximate surface area is 125 Å². The van der Waals surface area contributed by atoms with Crippen LogP contribution in [0.2, 0.25) is 0 Å². The number of hydrogen-bond acceptors (Lipinski definition) is 1. The standard InChI is InChI=1S/C19H33N/c1-4-5-20-18(6-14(2)3)13-19-10-15-7-16(11-19)9-17(8-15)12-19/h15-18,20H,2,4-13H2,1,3H3. The number of nitrogens with one attached hydrogen (secondary N) is 1. The van der Waals surface area contributed by atoms with Crippen molar-refractivity contribution < 1.29 is 0 Å². The fourth-order valence-electron chi connectivity index (χ4n) is 6.05. The zero-order chi connectivity index (χ0) is 14.2. The Morgan fingerprint density at radius 1 is 1.15 bits per heavy atom. The predicted molar refractivity (Wildman–Crippen MR) is 86.7 cm³/mol. The molecule has 0 aromatic rings. The minimum Gasteiger partial charge on any atom is -0.314 e. The molecule has 0 heterocycles. The fourth-order valence-corrected chi connectivity index (χ4v) is 6.05. The Balaban J connectivity index is 1.66. The highest BCUT2D eigenvalue weighted by Crippen LogP contribution is 2.61. The second-order valence-corrected chi connectivity index (χ2v) is 8.43. The van der Waals surface area contributed by atoms with Gasteiger partial charge in [0.15, 0.2) is 0 Å². The van der Waals surface area contributed by atoms with Crippen molar-refractivity contribution in [1.29, 1.82) is 0 Å². The third kappa shape index (κ3) is 3.13. The first-order chi connectivity index (χ1) is 9.58. The van der Waals surface area contributed by atoms with Gasteiger partial charge in [-0.1, -0.05) is 12.5 Å². The van der Waals surface area contributed by atoms with Gasteiger partial charge < -0.3 is 5.32 Å². The van der Waals surface area contributed by atoms with Crippen molar-refractivity contribution in [3.05, 3.63) is 12.2 Å². The van der Waals surface area contributed by atoms with E-state index in [2.05, 4.69) is 25.7 Å². The molecule has 1 heteroatoms. The summed E-state index contributed by atoms with van der Waals surface area (Å²) < 4.78 is 0. The zero-order valence-corrected chi connectivity index (χ0v) is 13.6. The predicted octanol–water partition coefficient (Wildman–Crippen LogP) is 4.93. The van der Waals surface area contributed by atoms with E-state index in [1.807, 2.05) is 0 Å². The lowest BCUT2D eigenvalue weighted by molar-refractivity contribution is -0.0619. The van der Waals surface area contributed by atoms with Gasteiger partial charge in [-0.2, -0.15) is 0 Å². The van der Waals surface area contributed by atoms with Crippen LogP contribution in [0, 0.1) is 23.2 Å². The van der Waals surface area contributed by atoms with Crippen LogP contribution in [0.3, 0.4) is 0 Å². The van der Waals surface area contributed by atoms with Crippen molar-refractivity contribution in [1.82, 2.24) is 5.32 Å². The Hall–Kier alpha value is -0.300. The van der Waals surface area contributed by atoms with E-state index in [-0.39, 0.29) is 0 Å². The third-order valence-corrected chi connectivity index (χ3v) is 6.12. The summed E-state index contributed by atoms with van der Waals surface area (Å²) in [6.45, 7) is 9.80. The Morgan fingerprint density at radius 3 is 2.15 bits per heavy atom. The summed E-state index contributed by atoms with van der Waals surface area (Å²) in [4.78, 5) is 0. The first-order valence-electron chi connectivity index (χ1n) is 8.96. The van der Waals surface area contributed by atoms with Gasteiger partial charge in [0, 0.05) is 6.04 Å². The normalized spacial score (nSPS) is 40.0. The zero-order valence-electron chi connectivity index (χ0n) is 13.6. The Kier molecular flexibility index (Phi) is 4.26. The van der Waals surface area contributed by atoms with Crippen LogP contribution in [-0.2, 0) is 0 Å². The molecule has 0 aromatic carbocycles. The molecule has 0 amide bonds. The van der Waals surface area contributed by atoms with Gasteiger partial charge in [-0.25, -0.2) is 0 Å². The van der Waals surface area contributed by atoms with Gasteiger partial charge in [-0.15, -0.1) is 6.58 Å². The molecule has 1 atom stereocenters. The van der Waals surface area contributed by atoms with Crippen LogP contribution in [-0.4, -0.2) is 12.6 Å². The Morgan fingerprint density at radius 2 is 1.70 bits per heavy atom. The molecule has 4 fully saturated rings. The molecule has 0 aliphatic heterocycles. The van der Waals surface area contributed by atoms with Crippen LogP contribution in [0.4, 0.5) is 0 Å². The van der Waals surface area contributed by atoms with Crippen molar-refractivity contribution >= 4 is 0 Å². The highest BCUT2D eigenvalue weighted by atomic mass is 14.9. The molecule has 1 N–H and O–H groups in total. The summed E-state index contributed by atoms with van der Waals surface area (Å²) in [6.07, 6.45) is 13.2. The van der Waals surface area contributed by atoms with Crippen molar-refractivity contribution in [2.24, 2.45) is 23.2 Å². The summed E-state index contributed by atoms with van der Waals surface area (Å²) in [5, 5.41) is 3.81. The van der Waals surface area contributed by atoms with E-state index in [0.29, 0.717) is 11.5 Å². The maximum Gasteiger partial charge on any atom is 0.0109 e. The first-order valence-corrected chi connectivity index (χ1v) is 8.96. The van der Waals surface area contributed by atoms with Gasteiger partial charge in [0.25, 0.3) is 0 Å². The minimum absolute atomic E-state index is 0.684. The molecule has 1 unspecified atom stereocenters. The van der Waals surface area contributed by atoms with Gasteiger partial charge in [0.05, 0.1) is 0 Å². The van der Waals surface area contributed by atoms with Gasteiger partial charge in [-0.05, 0) is 94.4 Å². The molecule has 1 nitrogen and oxygen atoms in total. The van der Waals surface area contributed by atoms with Gasteiger partial charge in [-0.3, -0.25) is 0 Å². The van der Waals surface area contributed by atoms with Crippen LogP contribution in [0.5, 0.6) is 0 Å². The lowest BCUT2D eigenvalue weighted by atomic mass is 9.48. The molecule has 0 radical (unpaired) electrons. The van der Waals surface area contributed by atoms with Crippen LogP contribution in [0.1, 0.15) is 71.6 Å². The van der Waals surface area contributed by atoms with E-state index >= 15 is 0 Å². The maximum atomic E-state index is 4.16. The smallest absolute Gasteiger partial charge is 0.0109 e. The largest absolute Gasteiger partial charge is 0.314 e. The average molecular weight is 275 g/mol. The van der Waals surface area contributed by atoms with Crippen LogP contribution in [0.25, 0.3) is 0 Å². The lowest BCUT2D eigenvalue weighted by Crippen LogP contribution is -2.49. The summed E-state index contributed by atoms with van der Waals surface area (Å²) in [7, 11) is 0.